The van der Waals surface area contributed by atoms with E-state index in [2.05, 4.69) is 15.3 Å². The minimum Gasteiger partial charge on any atom is -0.444 e. The van der Waals surface area contributed by atoms with Crippen molar-refractivity contribution in [3.63, 3.8) is 0 Å². The van der Waals surface area contributed by atoms with Crippen LogP contribution in [-0.2, 0) is 21.7 Å². The van der Waals surface area contributed by atoms with Gasteiger partial charge in [-0.25, -0.2) is 14.3 Å². The number of piperazine rings is 1. The number of amides is 2. The smallest absolute Gasteiger partial charge is 0.412 e. The Balaban J connectivity index is 1.41. The fourth-order valence-corrected chi connectivity index (χ4v) is 4.21. The largest absolute Gasteiger partial charge is 0.444 e. The third-order valence-corrected chi connectivity index (χ3v) is 6.15. The highest BCUT2D eigenvalue weighted by Gasteiger charge is 2.27. The first-order valence-corrected chi connectivity index (χ1v) is 13.0. The van der Waals surface area contributed by atoms with E-state index in [0.717, 1.165) is 16.9 Å². The number of benzene rings is 2. The second-order valence-corrected chi connectivity index (χ2v) is 11.1. The maximum atomic E-state index is 12.5. The van der Waals surface area contributed by atoms with Gasteiger partial charge in [0, 0.05) is 31.9 Å². The van der Waals surface area contributed by atoms with Crippen LogP contribution in [0.25, 0.3) is 5.69 Å². The lowest BCUT2D eigenvalue weighted by atomic mass is 10.0. The summed E-state index contributed by atoms with van der Waals surface area (Å²) in [6.45, 7) is 11.5. The molecule has 3 aromatic rings. The Morgan fingerprint density at radius 1 is 0.923 bits per heavy atom. The van der Waals surface area contributed by atoms with Gasteiger partial charge in [-0.1, -0.05) is 30.3 Å². The van der Waals surface area contributed by atoms with Gasteiger partial charge in [0.25, 0.3) is 0 Å². The van der Waals surface area contributed by atoms with Gasteiger partial charge < -0.3 is 24.4 Å². The molecule has 2 N–H and O–H groups in total. The number of rotatable bonds is 6. The van der Waals surface area contributed by atoms with Crippen LogP contribution >= 0.6 is 0 Å². The summed E-state index contributed by atoms with van der Waals surface area (Å²) in [7, 11) is 0. The molecule has 0 spiro atoms. The molecule has 1 saturated heterocycles. The lowest BCUT2D eigenvalue weighted by Gasteiger charge is -2.36. The minimum absolute atomic E-state index is 0.131. The molecule has 0 radical (unpaired) electrons. The van der Waals surface area contributed by atoms with Crippen molar-refractivity contribution in [1.29, 1.82) is 0 Å². The topological polar surface area (TPSA) is 109 Å². The van der Waals surface area contributed by atoms with E-state index in [9.17, 15) is 14.7 Å². The number of aliphatic hydroxyl groups is 1. The van der Waals surface area contributed by atoms with Crippen LogP contribution in [0.1, 0.15) is 45.9 Å². The van der Waals surface area contributed by atoms with Crippen molar-refractivity contribution in [3.8, 4) is 5.69 Å². The number of nitrogens with zero attached hydrogens (tertiary/aromatic N) is 4. The molecule has 10 heteroatoms. The van der Waals surface area contributed by atoms with E-state index in [1.165, 1.54) is 0 Å². The highest BCUT2D eigenvalue weighted by Crippen LogP contribution is 2.28. The number of nitrogens with one attached hydrogen (secondary N) is 1. The Morgan fingerprint density at radius 3 is 2.13 bits per heavy atom. The Bertz CT molecular complexity index is 1270. The second kappa shape index (κ2) is 11.4. The van der Waals surface area contributed by atoms with Crippen molar-refractivity contribution in [3.05, 3.63) is 72.1 Å². The van der Waals surface area contributed by atoms with E-state index in [4.69, 9.17) is 9.47 Å². The van der Waals surface area contributed by atoms with Gasteiger partial charge in [0.2, 0.25) is 0 Å². The molecule has 0 unspecified atom stereocenters. The van der Waals surface area contributed by atoms with E-state index in [-0.39, 0.29) is 12.7 Å². The SMILES string of the molecule is CC(C)(C)OC(=O)N1CCN(c2ccc(-n3cc(NC(=O)OCc4ccccc4)c(C(C)(C)O)n3)cc2)CC1. The first-order valence-electron chi connectivity index (χ1n) is 13.0. The summed E-state index contributed by atoms with van der Waals surface area (Å²) < 4.78 is 12.4. The highest BCUT2D eigenvalue weighted by atomic mass is 16.6. The third-order valence-electron chi connectivity index (χ3n) is 6.15. The molecule has 0 aliphatic carbocycles. The Kier molecular flexibility index (Phi) is 8.15. The van der Waals surface area contributed by atoms with Crippen molar-refractivity contribution in [2.45, 2.75) is 52.4 Å². The van der Waals surface area contributed by atoms with Crippen molar-refractivity contribution in [2.75, 3.05) is 36.4 Å². The van der Waals surface area contributed by atoms with Crippen molar-refractivity contribution >= 4 is 23.6 Å². The van der Waals surface area contributed by atoms with E-state index >= 15 is 0 Å². The van der Waals surface area contributed by atoms with Crippen LogP contribution in [0, 0.1) is 0 Å². The average Bonchev–Trinajstić information content (AvgIpc) is 3.32. The maximum Gasteiger partial charge on any atom is 0.412 e. The number of carbonyl (C=O) groups is 2. The number of hydrogen-bond acceptors (Lipinski definition) is 7. The van der Waals surface area contributed by atoms with E-state index in [1.54, 1.807) is 29.6 Å². The van der Waals surface area contributed by atoms with Crippen LogP contribution in [-0.4, -0.2) is 63.8 Å². The summed E-state index contributed by atoms with van der Waals surface area (Å²) in [6, 6.07) is 17.2. The summed E-state index contributed by atoms with van der Waals surface area (Å²) in [6.07, 6.45) is 0.739. The zero-order valence-electron chi connectivity index (χ0n) is 23.2. The molecule has 1 aliphatic heterocycles. The molecule has 0 saturated carbocycles. The molecule has 0 bridgehead atoms. The van der Waals surface area contributed by atoms with Gasteiger partial charge in [-0.15, -0.1) is 0 Å². The standard InChI is InChI=1S/C29H37N5O5/c1-28(2,3)39-27(36)33-17-15-32(16-18-33)22-11-13-23(14-12-22)34-19-24(25(31-34)29(4,5)37)30-26(35)38-20-21-9-7-6-8-10-21/h6-14,19,37H,15-18,20H2,1-5H3,(H,30,35). The molecule has 1 aromatic heterocycles. The van der Waals surface area contributed by atoms with Gasteiger partial charge in [0.1, 0.15) is 23.5 Å². The molecule has 208 valence electrons. The van der Waals surface area contributed by atoms with Gasteiger partial charge in [-0.3, -0.25) is 5.32 Å². The molecule has 1 fully saturated rings. The number of carbonyl (C=O) groups excluding carboxylic acids is 2. The van der Waals surface area contributed by atoms with Crippen LogP contribution in [0.3, 0.4) is 0 Å². The molecular formula is C29H37N5O5. The van der Waals surface area contributed by atoms with Gasteiger partial charge in [0.05, 0.1) is 17.6 Å². The van der Waals surface area contributed by atoms with Gasteiger partial charge in [-0.2, -0.15) is 5.10 Å². The van der Waals surface area contributed by atoms with E-state index in [1.807, 2.05) is 75.4 Å². The molecule has 2 amide bonds. The molecule has 10 nitrogen and oxygen atoms in total. The fourth-order valence-electron chi connectivity index (χ4n) is 4.21. The van der Waals surface area contributed by atoms with Crippen LogP contribution in [0.2, 0.25) is 0 Å². The van der Waals surface area contributed by atoms with Gasteiger partial charge in [0.15, 0.2) is 0 Å². The first kappa shape index (κ1) is 28.0. The lowest BCUT2D eigenvalue weighted by molar-refractivity contribution is 0.0240. The molecule has 2 aromatic carbocycles. The average molecular weight is 536 g/mol. The molecule has 1 aliphatic rings. The zero-order valence-corrected chi connectivity index (χ0v) is 23.2. The van der Waals surface area contributed by atoms with Crippen LogP contribution < -0.4 is 10.2 Å². The molecule has 2 heterocycles. The van der Waals surface area contributed by atoms with Crippen molar-refractivity contribution in [2.24, 2.45) is 0 Å². The highest BCUT2D eigenvalue weighted by molar-refractivity contribution is 5.85. The Morgan fingerprint density at radius 2 is 1.54 bits per heavy atom. The number of ether oxygens (including phenoxy) is 2. The summed E-state index contributed by atoms with van der Waals surface area (Å²) in [5.74, 6) is 0. The summed E-state index contributed by atoms with van der Waals surface area (Å²) in [4.78, 5) is 28.8. The van der Waals surface area contributed by atoms with Crippen molar-refractivity contribution in [1.82, 2.24) is 14.7 Å². The molecule has 0 atom stereocenters. The fraction of sp³-hybridized carbons (Fsp3) is 0.414. The third kappa shape index (κ3) is 7.51. The van der Waals surface area contributed by atoms with E-state index < -0.39 is 17.3 Å². The quantitative estimate of drug-likeness (QED) is 0.462. The predicted octanol–water partition coefficient (Wildman–Crippen LogP) is 4.91. The molecule has 39 heavy (non-hydrogen) atoms. The van der Waals surface area contributed by atoms with Gasteiger partial charge in [-0.05, 0) is 64.4 Å². The predicted molar refractivity (Wildman–Crippen MR) is 149 cm³/mol. The Hall–Kier alpha value is -4.05. The van der Waals surface area contributed by atoms with Crippen LogP contribution in [0.5, 0.6) is 0 Å². The number of hydrogen-bond donors (Lipinski definition) is 2. The zero-order chi connectivity index (χ0) is 28.2. The first-order chi connectivity index (χ1) is 18.4. The number of aromatic nitrogens is 2. The van der Waals surface area contributed by atoms with Crippen LogP contribution in [0.4, 0.5) is 21.0 Å². The van der Waals surface area contributed by atoms with Crippen molar-refractivity contribution < 1.29 is 24.2 Å². The summed E-state index contributed by atoms with van der Waals surface area (Å²) >= 11 is 0. The normalized spacial score (nSPS) is 14.2. The van der Waals surface area contributed by atoms with E-state index in [0.29, 0.717) is 37.6 Å². The van der Waals surface area contributed by atoms with Gasteiger partial charge >= 0.3 is 12.2 Å². The summed E-state index contributed by atoms with van der Waals surface area (Å²) in [5, 5.41) is 17.9. The number of anilines is 2. The molecule has 4 rings (SSSR count). The second-order valence-electron chi connectivity index (χ2n) is 11.1. The monoisotopic (exact) mass is 535 g/mol. The molecular weight excluding hydrogens is 498 g/mol. The van der Waals surface area contributed by atoms with Crippen LogP contribution in [0.15, 0.2) is 60.8 Å². The Labute approximate surface area is 229 Å². The summed E-state index contributed by atoms with van der Waals surface area (Å²) in [5.41, 5.74) is 1.55. The maximum absolute atomic E-state index is 12.5. The minimum atomic E-state index is -1.29. The lowest BCUT2D eigenvalue weighted by Crippen LogP contribution is -2.50.